The van der Waals surface area contributed by atoms with Crippen LogP contribution in [-0.4, -0.2) is 17.7 Å². The molecule has 0 bridgehead atoms. The molecule has 4 heteroatoms. The molecule has 4 nitrogen and oxygen atoms in total. The first kappa shape index (κ1) is 17.5. The van der Waals surface area contributed by atoms with Crippen molar-refractivity contribution in [1.82, 2.24) is 0 Å². The van der Waals surface area contributed by atoms with Crippen molar-refractivity contribution < 1.29 is 14.6 Å². The zero-order valence-electron chi connectivity index (χ0n) is 14.4. The number of carbonyl (C=O) groups is 1. The number of aromatic carboxylic acids is 1. The number of benzene rings is 3. The summed E-state index contributed by atoms with van der Waals surface area (Å²) >= 11 is 0. The van der Waals surface area contributed by atoms with E-state index in [1.807, 2.05) is 42.5 Å². The van der Waals surface area contributed by atoms with Crippen molar-refractivity contribution in [2.24, 2.45) is 0 Å². The van der Waals surface area contributed by atoms with Crippen LogP contribution in [0.15, 0.2) is 78.9 Å². The molecule has 3 aromatic carbocycles. The molecular weight excluding hydrogens is 326 g/mol. The second-order valence-electron chi connectivity index (χ2n) is 5.97. The molecule has 0 heterocycles. The predicted molar refractivity (Wildman–Crippen MR) is 103 cm³/mol. The smallest absolute Gasteiger partial charge is 0.335 e. The van der Waals surface area contributed by atoms with Crippen LogP contribution >= 0.6 is 0 Å². The maximum atomic E-state index is 10.9. The zero-order valence-corrected chi connectivity index (χ0v) is 14.4. The Morgan fingerprint density at radius 1 is 0.885 bits per heavy atom. The molecule has 0 fully saturated rings. The Morgan fingerprint density at radius 2 is 1.62 bits per heavy atom. The summed E-state index contributed by atoms with van der Waals surface area (Å²) in [6.07, 6.45) is 0.874. The summed E-state index contributed by atoms with van der Waals surface area (Å²) in [6, 6.07) is 25.0. The summed E-state index contributed by atoms with van der Waals surface area (Å²) in [7, 11) is 0. The summed E-state index contributed by atoms with van der Waals surface area (Å²) in [5.74, 6) is -0.0710. The molecule has 0 unspecified atom stereocenters. The lowest BCUT2D eigenvalue weighted by atomic mass is 10.1. The van der Waals surface area contributed by atoms with Gasteiger partial charge >= 0.3 is 5.97 Å². The highest BCUT2D eigenvalue weighted by Crippen LogP contribution is 2.16. The largest absolute Gasteiger partial charge is 0.493 e. The predicted octanol–water partition coefficient (Wildman–Crippen LogP) is 4.62. The number of hydrogen-bond acceptors (Lipinski definition) is 3. The molecule has 26 heavy (non-hydrogen) atoms. The molecule has 0 atom stereocenters. The topological polar surface area (TPSA) is 58.6 Å². The van der Waals surface area contributed by atoms with Crippen molar-refractivity contribution in [3.8, 4) is 5.75 Å². The molecule has 0 amide bonds. The van der Waals surface area contributed by atoms with E-state index >= 15 is 0 Å². The minimum Gasteiger partial charge on any atom is -0.493 e. The van der Waals surface area contributed by atoms with Crippen LogP contribution in [0.5, 0.6) is 5.75 Å². The van der Waals surface area contributed by atoms with Crippen LogP contribution in [0.2, 0.25) is 0 Å². The van der Waals surface area contributed by atoms with Crippen LogP contribution in [0.25, 0.3) is 0 Å². The normalized spacial score (nSPS) is 10.3. The Morgan fingerprint density at radius 3 is 2.35 bits per heavy atom. The van der Waals surface area contributed by atoms with Crippen LogP contribution in [-0.2, 0) is 13.0 Å². The zero-order chi connectivity index (χ0) is 18.2. The van der Waals surface area contributed by atoms with Crippen molar-refractivity contribution >= 4 is 11.7 Å². The van der Waals surface area contributed by atoms with Crippen molar-refractivity contribution in [3.05, 3.63) is 95.6 Å². The molecule has 0 saturated carbocycles. The Balaban J connectivity index is 1.51. The first-order valence-electron chi connectivity index (χ1n) is 8.53. The molecule has 132 valence electrons. The van der Waals surface area contributed by atoms with E-state index in [0.717, 1.165) is 23.4 Å². The first-order valence-corrected chi connectivity index (χ1v) is 8.53. The number of ether oxygens (including phenoxy) is 1. The molecule has 0 saturated heterocycles. The number of rotatable bonds is 8. The van der Waals surface area contributed by atoms with E-state index in [1.165, 1.54) is 5.56 Å². The highest BCUT2D eigenvalue weighted by molar-refractivity contribution is 5.87. The number of anilines is 1. The van der Waals surface area contributed by atoms with Gasteiger partial charge < -0.3 is 15.2 Å². The fourth-order valence-corrected chi connectivity index (χ4v) is 2.61. The molecule has 2 N–H and O–H groups in total. The lowest BCUT2D eigenvalue weighted by Gasteiger charge is -2.10. The van der Waals surface area contributed by atoms with Gasteiger partial charge in [-0.3, -0.25) is 0 Å². The molecular formula is C22H21NO3. The molecule has 3 aromatic rings. The summed E-state index contributed by atoms with van der Waals surface area (Å²) in [5.41, 5.74) is 3.52. The van der Waals surface area contributed by atoms with E-state index in [0.29, 0.717) is 13.2 Å². The summed E-state index contributed by atoms with van der Waals surface area (Å²) < 4.78 is 5.85. The average molecular weight is 347 g/mol. The third-order valence-corrected chi connectivity index (χ3v) is 4.03. The fraction of sp³-hybridized carbons (Fsp3) is 0.136. The van der Waals surface area contributed by atoms with Gasteiger partial charge in [0.1, 0.15) is 5.75 Å². The fourth-order valence-electron chi connectivity index (χ4n) is 2.61. The second kappa shape index (κ2) is 8.72. The third kappa shape index (κ3) is 5.11. The van der Waals surface area contributed by atoms with Gasteiger partial charge in [0.25, 0.3) is 0 Å². The molecule has 0 aliphatic carbocycles. The SMILES string of the molecule is O=C(O)c1ccc(NCc2cccc(OCCc3ccccc3)c2)cc1. The quantitative estimate of drug-likeness (QED) is 0.624. The van der Waals surface area contributed by atoms with Gasteiger partial charge in [0, 0.05) is 18.7 Å². The maximum Gasteiger partial charge on any atom is 0.335 e. The standard InChI is InChI=1S/C22H21NO3/c24-22(25)19-9-11-20(12-10-19)23-16-18-7-4-8-21(15-18)26-14-13-17-5-2-1-3-6-17/h1-12,15,23H,13-14,16H2,(H,24,25). The average Bonchev–Trinajstić information content (AvgIpc) is 2.68. The summed E-state index contributed by atoms with van der Waals surface area (Å²) in [6.45, 7) is 1.28. The Hall–Kier alpha value is -3.27. The Kier molecular flexibility index (Phi) is 5.88. The summed E-state index contributed by atoms with van der Waals surface area (Å²) in [5, 5.41) is 12.2. The molecule has 3 rings (SSSR count). The van der Waals surface area contributed by atoms with Gasteiger partial charge in [0.15, 0.2) is 0 Å². The van der Waals surface area contributed by atoms with E-state index < -0.39 is 5.97 Å². The highest BCUT2D eigenvalue weighted by atomic mass is 16.5. The lowest BCUT2D eigenvalue weighted by Crippen LogP contribution is -2.03. The van der Waals surface area contributed by atoms with Gasteiger partial charge in [0.2, 0.25) is 0 Å². The minimum absolute atomic E-state index is 0.282. The van der Waals surface area contributed by atoms with E-state index in [1.54, 1.807) is 24.3 Å². The van der Waals surface area contributed by atoms with Crippen molar-refractivity contribution in [2.45, 2.75) is 13.0 Å². The third-order valence-electron chi connectivity index (χ3n) is 4.03. The number of carboxylic acid groups (broad SMARTS) is 1. The first-order chi connectivity index (χ1) is 12.7. The van der Waals surface area contributed by atoms with Gasteiger partial charge in [-0.1, -0.05) is 42.5 Å². The van der Waals surface area contributed by atoms with Crippen LogP contribution < -0.4 is 10.1 Å². The number of nitrogens with one attached hydrogen (secondary N) is 1. The highest BCUT2D eigenvalue weighted by Gasteiger charge is 2.02. The van der Waals surface area contributed by atoms with Gasteiger partial charge in [-0.25, -0.2) is 4.79 Å². The Labute approximate surface area is 153 Å². The van der Waals surface area contributed by atoms with Crippen molar-refractivity contribution in [1.29, 1.82) is 0 Å². The van der Waals surface area contributed by atoms with Gasteiger partial charge in [-0.2, -0.15) is 0 Å². The van der Waals surface area contributed by atoms with E-state index in [9.17, 15) is 4.79 Å². The molecule has 0 aromatic heterocycles. The van der Waals surface area contributed by atoms with E-state index in [2.05, 4.69) is 17.4 Å². The van der Waals surface area contributed by atoms with Crippen molar-refractivity contribution in [2.75, 3.05) is 11.9 Å². The monoisotopic (exact) mass is 347 g/mol. The van der Waals surface area contributed by atoms with Crippen LogP contribution in [0.3, 0.4) is 0 Å². The number of hydrogen-bond donors (Lipinski definition) is 2. The maximum absolute atomic E-state index is 10.9. The van der Waals surface area contributed by atoms with E-state index in [-0.39, 0.29) is 5.56 Å². The van der Waals surface area contributed by atoms with Crippen LogP contribution in [0.1, 0.15) is 21.5 Å². The second-order valence-corrected chi connectivity index (χ2v) is 5.97. The summed E-state index contributed by atoms with van der Waals surface area (Å²) in [4.78, 5) is 10.9. The molecule has 0 aliphatic rings. The van der Waals surface area contributed by atoms with Gasteiger partial charge in [-0.15, -0.1) is 0 Å². The van der Waals surface area contributed by atoms with Crippen molar-refractivity contribution in [3.63, 3.8) is 0 Å². The molecule has 0 spiro atoms. The van der Waals surface area contributed by atoms with Crippen LogP contribution in [0.4, 0.5) is 5.69 Å². The molecule has 0 aliphatic heterocycles. The van der Waals surface area contributed by atoms with Gasteiger partial charge in [0.05, 0.1) is 12.2 Å². The Bertz CT molecular complexity index is 845. The lowest BCUT2D eigenvalue weighted by molar-refractivity contribution is 0.0697. The minimum atomic E-state index is -0.920. The number of carboxylic acids is 1. The van der Waals surface area contributed by atoms with E-state index in [4.69, 9.17) is 9.84 Å². The molecule has 0 radical (unpaired) electrons. The van der Waals surface area contributed by atoms with Crippen LogP contribution in [0, 0.1) is 0 Å². The van der Waals surface area contributed by atoms with Gasteiger partial charge in [-0.05, 0) is 47.5 Å².